The second kappa shape index (κ2) is 13.7. The quantitative estimate of drug-likeness (QED) is 0.109. The van der Waals surface area contributed by atoms with E-state index in [1.807, 2.05) is 48.5 Å². The van der Waals surface area contributed by atoms with Crippen LogP contribution in [0, 0.1) is 6.92 Å². The van der Waals surface area contributed by atoms with Crippen LogP contribution in [0.3, 0.4) is 0 Å². The topological polar surface area (TPSA) is 202 Å². The summed E-state index contributed by atoms with van der Waals surface area (Å²) in [7, 11) is -3.01. The first kappa shape index (κ1) is 34.2. The zero-order chi connectivity index (χ0) is 34.9. The Hall–Kier alpha value is -4.63. The number of nitrogens with two attached hydrogens (primary N) is 1. The Morgan fingerprint density at radius 2 is 1.82 bits per heavy atom. The normalized spacial score (nSPS) is 22.5. The molecular weight excluding hydrogens is 655 g/mol. The highest BCUT2D eigenvalue weighted by atomic mass is 31.2. The van der Waals surface area contributed by atoms with Gasteiger partial charge in [0, 0.05) is 5.39 Å². The van der Waals surface area contributed by atoms with Gasteiger partial charge in [0.2, 0.25) is 11.8 Å². The minimum absolute atomic E-state index is 0.00437. The number of hydrogen-bond acceptors (Lipinski definition) is 13. The second-order valence-corrected chi connectivity index (χ2v) is 13.5. The predicted molar refractivity (Wildman–Crippen MR) is 179 cm³/mol. The van der Waals surface area contributed by atoms with Crippen molar-refractivity contribution in [2.75, 3.05) is 19.5 Å². The van der Waals surface area contributed by atoms with Gasteiger partial charge in [-0.25, -0.2) is 9.55 Å². The first-order valence-corrected chi connectivity index (χ1v) is 17.0. The third-order valence-corrected chi connectivity index (χ3v) is 9.82. The minimum atomic E-state index is -4.41. The summed E-state index contributed by atoms with van der Waals surface area (Å²) in [5, 5.41) is 27.0. The molecule has 0 amide bonds. The van der Waals surface area contributed by atoms with Gasteiger partial charge < -0.3 is 34.7 Å². The van der Waals surface area contributed by atoms with Crippen molar-refractivity contribution in [3.05, 3.63) is 84.2 Å². The van der Waals surface area contributed by atoms with Crippen molar-refractivity contribution < 1.29 is 42.8 Å². The molecule has 6 rings (SSSR count). The standard InChI is InChI=1S/C33H37N6O9P/c1-19(30(41)45-17-21-11-6-5-7-12-21)38-49(43,48-24-16-10-14-22-13-8-9-15-23(22)24)46-18-25-27(40)33(3,42)31(47-25)39-20(2)35-26-28(39)36-32(34)37-29(26)44-4/h5-16,19,25,27,31,40,42H,17-18H2,1-4H3,(H,38,43)(H2,34,36,37). The molecule has 1 saturated heterocycles. The number of aliphatic hydroxyl groups excluding tert-OH is 1. The van der Waals surface area contributed by atoms with Crippen LogP contribution in [0.15, 0.2) is 72.8 Å². The van der Waals surface area contributed by atoms with Crippen molar-refractivity contribution in [3.8, 4) is 11.6 Å². The number of anilines is 1. The highest BCUT2D eigenvalue weighted by molar-refractivity contribution is 7.52. The van der Waals surface area contributed by atoms with Crippen LogP contribution in [-0.2, 0) is 30.0 Å². The Morgan fingerprint density at radius 1 is 1.10 bits per heavy atom. The summed E-state index contributed by atoms with van der Waals surface area (Å²) >= 11 is 0. The van der Waals surface area contributed by atoms with Gasteiger partial charge in [0.05, 0.1) is 13.7 Å². The van der Waals surface area contributed by atoms with Crippen LogP contribution in [0.2, 0.25) is 0 Å². The summed E-state index contributed by atoms with van der Waals surface area (Å²) in [6.45, 7) is 3.98. The van der Waals surface area contributed by atoms with E-state index in [1.165, 1.54) is 25.5 Å². The lowest BCUT2D eigenvalue weighted by Crippen LogP contribution is -2.44. The van der Waals surface area contributed by atoms with Gasteiger partial charge in [0.25, 0.3) is 0 Å². The number of aromatic nitrogens is 4. The van der Waals surface area contributed by atoms with E-state index in [-0.39, 0.29) is 35.3 Å². The van der Waals surface area contributed by atoms with Crippen LogP contribution in [-0.4, -0.2) is 73.3 Å². The number of fused-ring (bicyclic) bond motifs is 2. The number of carbonyl (C=O) groups is 1. The summed E-state index contributed by atoms with van der Waals surface area (Å²) < 4.78 is 44.7. The molecule has 258 valence electrons. The molecule has 0 bridgehead atoms. The Balaban J connectivity index is 1.25. The van der Waals surface area contributed by atoms with Gasteiger partial charge in [0.1, 0.15) is 42.0 Å². The van der Waals surface area contributed by atoms with Crippen molar-refractivity contribution in [2.24, 2.45) is 0 Å². The first-order chi connectivity index (χ1) is 23.4. The molecule has 49 heavy (non-hydrogen) atoms. The van der Waals surface area contributed by atoms with Gasteiger partial charge in [-0.1, -0.05) is 66.7 Å². The zero-order valence-corrected chi connectivity index (χ0v) is 28.1. The van der Waals surface area contributed by atoms with E-state index in [2.05, 4.69) is 20.0 Å². The van der Waals surface area contributed by atoms with Gasteiger partial charge in [0.15, 0.2) is 17.4 Å². The molecule has 1 aliphatic rings. The molecule has 16 heteroatoms. The average molecular weight is 693 g/mol. The van der Waals surface area contributed by atoms with E-state index in [1.54, 1.807) is 31.2 Å². The fourth-order valence-corrected chi connectivity index (χ4v) is 7.18. The number of carbonyl (C=O) groups excluding carboxylic acids is 1. The van der Waals surface area contributed by atoms with Gasteiger partial charge >= 0.3 is 13.7 Å². The molecule has 5 aromatic rings. The summed E-state index contributed by atoms with van der Waals surface area (Å²) in [6.07, 6.45) is -4.02. The van der Waals surface area contributed by atoms with Crippen molar-refractivity contribution in [1.82, 2.24) is 24.6 Å². The van der Waals surface area contributed by atoms with Crippen molar-refractivity contribution >= 4 is 41.6 Å². The molecule has 0 spiro atoms. The Kier molecular flexibility index (Phi) is 9.58. The molecule has 3 aromatic carbocycles. The minimum Gasteiger partial charge on any atom is -0.479 e. The first-order valence-electron chi connectivity index (χ1n) is 15.4. The maximum atomic E-state index is 14.5. The molecule has 6 atom stereocenters. The van der Waals surface area contributed by atoms with Crippen molar-refractivity contribution in [2.45, 2.75) is 57.5 Å². The van der Waals surface area contributed by atoms with Crippen LogP contribution >= 0.6 is 7.75 Å². The number of hydrogen-bond donors (Lipinski definition) is 4. The molecule has 6 unspecified atom stereocenters. The summed E-state index contributed by atoms with van der Waals surface area (Å²) in [5.41, 5.74) is 5.24. The largest absolute Gasteiger partial charge is 0.479 e. The molecule has 1 aliphatic heterocycles. The van der Waals surface area contributed by atoms with E-state index in [0.717, 1.165) is 10.9 Å². The zero-order valence-electron chi connectivity index (χ0n) is 27.2. The van der Waals surface area contributed by atoms with Crippen LogP contribution in [0.4, 0.5) is 5.95 Å². The number of ether oxygens (including phenoxy) is 3. The molecule has 0 radical (unpaired) electrons. The van der Waals surface area contributed by atoms with E-state index in [0.29, 0.717) is 11.2 Å². The number of nitrogen functional groups attached to an aromatic ring is 1. The van der Waals surface area contributed by atoms with E-state index >= 15 is 0 Å². The highest BCUT2D eigenvalue weighted by Crippen LogP contribution is 2.49. The third-order valence-electron chi connectivity index (χ3n) is 8.19. The van der Waals surface area contributed by atoms with E-state index in [4.69, 9.17) is 29.0 Å². The number of nitrogens with one attached hydrogen (secondary N) is 1. The Morgan fingerprint density at radius 3 is 2.57 bits per heavy atom. The number of aliphatic hydroxyl groups is 2. The molecule has 0 aliphatic carbocycles. The fraction of sp³-hybridized carbons (Fsp3) is 0.333. The van der Waals surface area contributed by atoms with Gasteiger partial charge in [-0.3, -0.25) is 13.9 Å². The number of esters is 1. The number of methoxy groups -OCH3 is 1. The van der Waals surface area contributed by atoms with Crippen LogP contribution in [0.5, 0.6) is 11.6 Å². The van der Waals surface area contributed by atoms with Gasteiger partial charge in [-0.2, -0.15) is 15.1 Å². The van der Waals surface area contributed by atoms with Crippen molar-refractivity contribution in [1.29, 1.82) is 0 Å². The van der Waals surface area contributed by atoms with E-state index in [9.17, 15) is 19.6 Å². The fourth-order valence-electron chi connectivity index (χ4n) is 5.66. The maximum absolute atomic E-state index is 14.5. The van der Waals surface area contributed by atoms with Crippen LogP contribution < -0.4 is 20.1 Å². The lowest BCUT2D eigenvalue weighted by Gasteiger charge is -2.28. The monoisotopic (exact) mass is 692 g/mol. The van der Waals surface area contributed by atoms with E-state index < -0.39 is 50.4 Å². The molecule has 5 N–H and O–H groups in total. The Bertz CT molecular complexity index is 2020. The molecule has 15 nitrogen and oxygen atoms in total. The predicted octanol–water partition coefficient (Wildman–Crippen LogP) is 3.81. The number of aryl methyl sites for hydroxylation is 1. The molecule has 1 fully saturated rings. The number of benzene rings is 3. The summed E-state index contributed by atoms with van der Waals surface area (Å²) in [4.78, 5) is 25.8. The molecular formula is C33H37N6O9P. The van der Waals surface area contributed by atoms with Crippen LogP contribution in [0.25, 0.3) is 21.9 Å². The van der Waals surface area contributed by atoms with Crippen molar-refractivity contribution in [3.63, 3.8) is 0 Å². The number of imidazole rings is 1. The number of rotatable bonds is 12. The SMILES string of the molecule is COc1nc(N)nc2c1nc(C)n2C1OC(COP(=O)(NC(C)C(=O)OCc2ccccc2)Oc2cccc3ccccc23)C(O)C1(C)O. The molecule has 3 heterocycles. The van der Waals surface area contributed by atoms with Crippen LogP contribution in [0.1, 0.15) is 31.5 Å². The summed E-state index contributed by atoms with van der Waals surface area (Å²) in [5.74, 6) is -0.0903. The Labute approximate surface area is 281 Å². The average Bonchev–Trinajstić information content (AvgIpc) is 3.52. The number of nitrogens with zero attached hydrogens (tertiary/aromatic N) is 4. The summed E-state index contributed by atoms with van der Waals surface area (Å²) in [6, 6.07) is 20.5. The highest BCUT2D eigenvalue weighted by Gasteiger charge is 2.54. The maximum Gasteiger partial charge on any atom is 0.459 e. The van der Waals surface area contributed by atoms with Gasteiger partial charge in [-0.15, -0.1) is 0 Å². The molecule has 2 aromatic heterocycles. The lowest BCUT2D eigenvalue weighted by atomic mass is 9.96. The lowest BCUT2D eigenvalue weighted by molar-refractivity contribution is -0.146. The second-order valence-electron chi connectivity index (χ2n) is 11.8. The smallest absolute Gasteiger partial charge is 0.459 e. The molecule has 0 saturated carbocycles. The van der Waals surface area contributed by atoms with Gasteiger partial charge in [-0.05, 0) is 37.8 Å². The third kappa shape index (κ3) is 6.95.